The zero-order valence-corrected chi connectivity index (χ0v) is 12.6. The molecule has 7 nitrogen and oxygen atoms in total. The molecule has 0 bridgehead atoms. The van der Waals surface area contributed by atoms with E-state index >= 15 is 0 Å². The van der Waals surface area contributed by atoms with Crippen molar-refractivity contribution >= 4 is 23.1 Å². The van der Waals surface area contributed by atoms with Crippen LogP contribution in [0.4, 0.5) is 5.82 Å². The number of nitrogens with two attached hydrogens (primary N) is 1. The monoisotopic (exact) mass is 317 g/mol. The van der Waals surface area contributed by atoms with Gasteiger partial charge in [0, 0.05) is 29.8 Å². The number of fused-ring (bicyclic) bond motifs is 1. The van der Waals surface area contributed by atoms with Gasteiger partial charge < -0.3 is 11.1 Å². The number of H-pyrrole nitrogens is 1. The van der Waals surface area contributed by atoms with Gasteiger partial charge in [-0.25, -0.2) is 4.98 Å². The largest absolute Gasteiger partial charge is 0.382 e. The minimum Gasteiger partial charge on any atom is -0.382 e. The summed E-state index contributed by atoms with van der Waals surface area (Å²) in [5.41, 5.74) is 9.56. The molecule has 0 radical (unpaired) electrons. The van der Waals surface area contributed by atoms with Crippen molar-refractivity contribution in [3.8, 4) is 11.1 Å². The number of aromatic amines is 1. The highest BCUT2D eigenvalue weighted by Crippen LogP contribution is 2.34. The van der Waals surface area contributed by atoms with Crippen molar-refractivity contribution in [2.24, 2.45) is 0 Å². The first-order valence-electron chi connectivity index (χ1n) is 7.28. The molecule has 3 aromatic heterocycles. The van der Waals surface area contributed by atoms with Gasteiger partial charge in [-0.3, -0.25) is 5.10 Å². The predicted molar refractivity (Wildman–Crippen MR) is 84.8 cm³/mol. The average molecular weight is 318 g/mol. The number of halogens is 1. The zero-order valence-electron chi connectivity index (χ0n) is 11.9. The Hall–Kier alpha value is -2.12. The number of nitrogens with one attached hydrogen (secondary N) is 2. The van der Waals surface area contributed by atoms with E-state index in [1.54, 1.807) is 16.9 Å². The van der Waals surface area contributed by atoms with E-state index in [0.29, 0.717) is 16.5 Å². The van der Waals surface area contributed by atoms with Crippen molar-refractivity contribution in [1.29, 1.82) is 0 Å². The van der Waals surface area contributed by atoms with Crippen LogP contribution in [0.1, 0.15) is 24.5 Å². The van der Waals surface area contributed by atoms with Crippen LogP contribution in [0.25, 0.3) is 16.8 Å². The fraction of sp³-hybridized carbons (Fsp3) is 0.357. The van der Waals surface area contributed by atoms with Crippen molar-refractivity contribution < 1.29 is 0 Å². The Morgan fingerprint density at radius 2 is 2.27 bits per heavy atom. The lowest BCUT2D eigenvalue weighted by Gasteiger charge is -2.23. The number of nitrogen functional groups attached to an aromatic ring is 1. The Bertz CT molecular complexity index is 802. The van der Waals surface area contributed by atoms with Crippen LogP contribution in [0.5, 0.6) is 0 Å². The lowest BCUT2D eigenvalue weighted by molar-refractivity contribution is 0.455. The number of anilines is 1. The molecule has 0 spiro atoms. The lowest BCUT2D eigenvalue weighted by atomic mass is 9.95. The molecule has 1 fully saturated rings. The van der Waals surface area contributed by atoms with Gasteiger partial charge in [0.25, 0.3) is 0 Å². The highest BCUT2D eigenvalue weighted by atomic mass is 35.5. The Morgan fingerprint density at radius 3 is 3.00 bits per heavy atom. The highest BCUT2D eigenvalue weighted by Gasteiger charge is 2.24. The fourth-order valence-corrected chi connectivity index (χ4v) is 3.25. The first-order chi connectivity index (χ1) is 10.8. The maximum Gasteiger partial charge on any atom is 0.165 e. The molecule has 1 aliphatic rings. The van der Waals surface area contributed by atoms with E-state index in [2.05, 4.69) is 20.6 Å². The standard InChI is InChI=1S/C14H16ClN7/c15-11-12(8-2-1-3-17-4-8)21-14-10(9-5-18-19-6-9)7-20-22(14)13(11)16/h5-8,17H,1-4,16H2,(H,18,19). The third-order valence-electron chi connectivity index (χ3n) is 4.14. The van der Waals surface area contributed by atoms with Crippen LogP contribution in [-0.2, 0) is 0 Å². The molecule has 4 N–H and O–H groups in total. The summed E-state index contributed by atoms with van der Waals surface area (Å²) < 4.78 is 1.59. The lowest BCUT2D eigenvalue weighted by Crippen LogP contribution is -2.29. The maximum absolute atomic E-state index is 6.45. The molecule has 0 amide bonds. The number of nitrogens with zero attached hydrogens (tertiary/aromatic N) is 4. The summed E-state index contributed by atoms with van der Waals surface area (Å²) in [6.45, 7) is 1.91. The van der Waals surface area contributed by atoms with Crippen LogP contribution < -0.4 is 11.1 Å². The van der Waals surface area contributed by atoms with Gasteiger partial charge in [-0.15, -0.1) is 0 Å². The van der Waals surface area contributed by atoms with Crippen molar-refractivity contribution in [3.05, 3.63) is 29.3 Å². The quantitative estimate of drug-likeness (QED) is 0.670. The van der Waals surface area contributed by atoms with Crippen molar-refractivity contribution in [3.63, 3.8) is 0 Å². The fourth-order valence-electron chi connectivity index (χ4n) is 2.97. The molecular formula is C14H16ClN7. The van der Waals surface area contributed by atoms with Crippen LogP contribution in [0.15, 0.2) is 18.6 Å². The first kappa shape index (κ1) is 13.5. The average Bonchev–Trinajstić information content (AvgIpc) is 3.20. The van der Waals surface area contributed by atoms with E-state index in [1.807, 2.05) is 6.20 Å². The summed E-state index contributed by atoms with van der Waals surface area (Å²) in [6.07, 6.45) is 7.46. The Balaban J connectivity index is 1.90. The Kier molecular flexibility index (Phi) is 3.24. The van der Waals surface area contributed by atoms with E-state index in [0.717, 1.165) is 42.8 Å². The van der Waals surface area contributed by atoms with E-state index in [1.165, 1.54) is 0 Å². The van der Waals surface area contributed by atoms with Crippen molar-refractivity contribution in [1.82, 2.24) is 30.1 Å². The number of hydrogen-bond acceptors (Lipinski definition) is 5. The molecule has 0 aromatic carbocycles. The van der Waals surface area contributed by atoms with Gasteiger partial charge in [0.1, 0.15) is 10.8 Å². The first-order valence-corrected chi connectivity index (χ1v) is 7.66. The molecule has 1 aliphatic heterocycles. The smallest absolute Gasteiger partial charge is 0.165 e. The second-order valence-corrected chi connectivity index (χ2v) is 5.90. The van der Waals surface area contributed by atoms with Gasteiger partial charge in [0.2, 0.25) is 0 Å². The molecule has 8 heteroatoms. The molecule has 1 atom stereocenters. The molecule has 1 saturated heterocycles. The van der Waals surface area contributed by atoms with Crippen molar-refractivity contribution in [2.45, 2.75) is 18.8 Å². The number of hydrogen-bond donors (Lipinski definition) is 3. The third kappa shape index (κ3) is 2.05. The SMILES string of the molecule is Nc1c(Cl)c(C2CCCNC2)nc2c(-c3cn[nH]c3)cnn12. The molecule has 114 valence electrons. The van der Waals surface area contributed by atoms with Gasteiger partial charge in [-0.1, -0.05) is 11.6 Å². The summed E-state index contributed by atoms with van der Waals surface area (Å²) in [5.74, 6) is 0.711. The molecule has 1 unspecified atom stereocenters. The molecule has 4 rings (SSSR count). The summed E-state index contributed by atoms with van der Waals surface area (Å²) >= 11 is 6.45. The topological polar surface area (TPSA) is 96.9 Å². The summed E-state index contributed by atoms with van der Waals surface area (Å²) in [4.78, 5) is 4.78. The molecule has 0 saturated carbocycles. The van der Waals surface area contributed by atoms with E-state index < -0.39 is 0 Å². The van der Waals surface area contributed by atoms with Gasteiger partial charge in [0.05, 0.1) is 18.1 Å². The minimum atomic E-state index is 0.278. The third-order valence-corrected chi connectivity index (χ3v) is 4.53. The van der Waals surface area contributed by atoms with E-state index in [4.69, 9.17) is 22.3 Å². The minimum absolute atomic E-state index is 0.278. The summed E-state index contributed by atoms with van der Waals surface area (Å²) in [7, 11) is 0. The van der Waals surface area contributed by atoms with Gasteiger partial charge in [-0.05, 0) is 19.4 Å². The van der Waals surface area contributed by atoms with Crippen LogP contribution in [-0.4, -0.2) is 37.9 Å². The zero-order chi connectivity index (χ0) is 15.1. The molecule has 3 aromatic rings. The molecule has 0 aliphatic carbocycles. The normalized spacial score (nSPS) is 18.9. The second kappa shape index (κ2) is 5.26. The summed E-state index contributed by atoms with van der Waals surface area (Å²) in [6, 6.07) is 0. The number of piperidine rings is 1. The van der Waals surface area contributed by atoms with Gasteiger partial charge >= 0.3 is 0 Å². The second-order valence-electron chi connectivity index (χ2n) is 5.52. The van der Waals surface area contributed by atoms with E-state index in [9.17, 15) is 0 Å². The van der Waals surface area contributed by atoms with Crippen LogP contribution in [0.3, 0.4) is 0 Å². The van der Waals surface area contributed by atoms with Crippen LogP contribution >= 0.6 is 11.6 Å². The maximum atomic E-state index is 6.45. The predicted octanol–water partition coefficient (Wildman–Crippen LogP) is 1.82. The summed E-state index contributed by atoms with van der Waals surface area (Å²) in [5, 5.41) is 15.0. The Labute approximate surface area is 131 Å². The van der Waals surface area contributed by atoms with E-state index in [-0.39, 0.29) is 5.92 Å². The van der Waals surface area contributed by atoms with Crippen LogP contribution in [0.2, 0.25) is 5.02 Å². The van der Waals surface area contributed by atoms with Gasteiger partial charge in [-0.2, -0.15) is 14.7 Å². The van der Waals surface area contributed by atoms with Crippen LogP contribution in [0, 0.1) is 0 Å². The highest BCUT2D eigenvalue weighted by molar-refractivity contribution is 6.33. The number of rotatable bonds is 2. The van der Waals surface area contributed by atoms with Crippen molar-refractivity contribution in [2.75, 3.05) is 18.8 Å². The Morgan fingerprint density at radius 1 is 1.36 bits per heavy atom. The molecule has 4 heterocycles. The van der Waals surface area contributed by atoms with Gasteiger partial charge in [0.15, 0.2) is 5.65 Å². The molecular weight excluding hydrogens is 302 g/mol. The number of aromatic nitrogens is 5. The molecule has 22 heavy (non-hydrogen) atoms.